The number of carbonyl (C=O) groups is 4. The number of hydrogen-bond acceptors (Lipinski definition) is 10. The van der Waals surface area contributed by atoms with Crippen LogP contribution in [0.3, 0.4) is 0 Å². The number of carbonyl (C=O) groups excluding carboxylic acids is 4. The molecule has 0 aliphatic heterocycles. The smallest absolute Gasteiger partial charge is 0.549 e. The fraction of sp³-hybridized carbons (Fsp3) is 0.600. The second-order valence-corrected chi connectivity index (χ2v) is 3.91. The average Bonchev–Trinajstić information content (AvgIpc) is 2.22. The number of carboxylic acids is 4. The molecule has 0 aliphatic rings. The Morgan fingerprint density at radius 3 is 0.905 bits per heavy atom. The van der Waals surface area contributed by atoms with Crippen LogP contribution in [0, 0.1) is 0 Å². The van der Waals surface area contributed by atoms with E-state index in [4.69, 9.17) is 0 Å². The Bertz CT molecular complexity index is 321. The zero-order valence-electron chi connectivity index (χ0n) is 10.7. The fourth-order valence-electron chi connectivity index (χ4n) is 1.44. The standard InChI is InChI=1S/C10H16N2O8.Co/c13-7(14)3-11(4-8(15)16)1-2-12(5-9(17)18)6-10(19)20;/h1-6H2,(H,13,14)(H,15,16)(H,17,18)(H,19,20);/q;+4/p-4. The molecule has 0 amide bonds. The van der Waals surface area contributed by atoms with Crippen molar-refractivity contribution in [1.29, 1.82) is 0 Å². The Labute approximate surface area is 130 Å². The van der Waals surface area contributed by atoms with Crippen molar-refractivity contribution in [1.82, 2.24) is 9.80 Å². The maximum absolute atomic E-state index is 10.4. The minimum atomic E-state index is -1.53. The van der Waals surface area contributed by atoms with Crippen molar-refractivity contribution in [3.05, 3.63) is 0 Å². The van der Waals surface area contributed by atoms with Gasteiger partial charge in [-0.2, -0.15) is 0 Å². The molecule has 0 spiro atoms. The Morgan fingerprint density at radius 1 is 0.571 bits per heavy atom. The summed E-state index contributed by atoms with van der Waals surface area (Å²) in [4.78, 5) is 43.4. The van der Waals surface area contributed by atoms with Gasteiger partial charge in [0.1, 0.15) is 0 Å². The fourth-order valence-corrected chi connectivity index (χ4v) is 1.44. The molecule has 21 heavy (non-hydrogen) atoms. The van der Waals surface area contributed by atoms with Gasteiger partial charge < -0.3 is 39.6 Å². The molecule has 0 heterocycles. The number of hydrogen-bond donors (Lipinski definition) is 0. The molecule has 0 bridgehead atoms. The molecule has 11 heteroatoms. The molecule has 10 nitrogen and oxygen atoms in total. The minimum absolute atomic E-state index is 0. The summed E-state index contributed by atoms with van der Waals surface area (Å²) in [5, 5.41) is 41.6. The molecule has 0 aromatic heterocycles. The van der Waals surface area contributed by atoms with Crippen molar-refractivity contribution in [2.75, 3.05) is 39.3 Å². The van der Waals surface area contributed by atoms with Crippen LogP contribution in [0.1, 0.15) is 0 Å². The first-order valence-corrected chi connectivity index (χ1v) is 5.44. The van der Waals surface area contributed by atoms with E-state index in [-0.39, 0.29) is 29.9 Å². The third-order valence-corrected chi connectivity index (χ3v) is 2.14. The van der Waals surface area contributed by atoms with E-state index in [2.05, 4.69) is 0 Å². The van der Waals surface area contributed by atoms with E-state index in [0.717, 1.165) is 9.80 Å². The molecular formula is C10H12CoN2O8. The SMILES string of the molecule is O=C([O-])CN(CCN(CC(=O)[O-])CC(=O)[O-])CC(=O)[O-].[Co+4]. The number of rotatable bonds is 11. The van der Waals surface area contributed by atoms with Crippen molar-refractivity contribution in [3.63, 3.8) is 0 Å². The molecule has 0 aromatic rings. The summed E-state index contributed by atoms with van der Waals surface area (Å²) in [6, 6.07) is 0. The van der Waals surface area contributed by atoms with Gasteiger partial charge in [-0.15, -0.1) is 0 Å². The first kappa shape index (κ1) is 21.6. The van der Waals surface area contributed by atoms with E-state index in [9.17, 15) is 39.6 Å². The molecule has 1 radical (unpaired) electrons. The normalized spacial score (nSPS) is 10.2. The summed E-state index contributed by atoms with van der Waals surface area (Å²) in [7, 11) is 0. The molecule has 0 saturated carbocycles. The van der Waals surface area contributed by atoms with Crippen LogP contribution in [0.2, 0.25) is 0 Å². The van der Waals surface area contributed by atoms with Gasteiger partial charge in [0.25, 0.3) is 0 Å². The summed E-state index contributed by atoms with van der Waals surface area (Å²) in [6.45, 7) is -3.25. The molecule has 0 aromatic carbocycles. The van der Waals surface area contributed by atoms with Crippen LogP contribution in [-0.4, -0.2) is 72.9 Å². The topological polar surface area (TPSA) is 167 Å². The molecule has 119 valence electrons. The van der Waals surface area contributed by atoms with Gasteiger partial charge in [0.15, 0.2) is 0 Å². The van der Waals surface area contributed by atoms with Crippen LogP contribution in [-0.2, 0) is 36.0 Å². The van der Waals surface area contributed by atoms with Gasteiger partial charge in [-0.1, -0.05) is 0 Å². The quantitative estimate of drug-likeness (QED) is 0.350. The Hall–Kier alpha value is -1.69. The Morgan fingerprint density at radius 2 is 0.762 bits per heavy atom. The molecule has 0 rings (SSSR count). The zero-order valence-corrected chi connectivity index (χ0v) is 11.8. The summed E-state index contributed by atoms with van der Waals surface area (Å²) in [6.07, 6.45) is 0. The third-order valence-electron chi connectivity index (χ3n) is 2.14. The minimum Gasteiger partial charge on any atom is -0.549 e. The first-order chi connectivity index (χ1) is 9.20. The molecule has 0 aliphatic carbocycles. The van der Waals surface area contributed by atoms with Crippen LogP contribution in [0.5, 0.6) is 0 Å². The van der Waals surface area contributed by atoms with Gasteiger partial charge in [0.05, 0.1) is 23.9 Å². The molecule has 0 atom stereocenters. The van der Waals surface area contributed by atoms with E-state index >= 15 is 0 Å². The van der Waals surface area contributed by atoms with Crippen molar-refractivity contribution in [2.45, 2.75) is 0 Å². The van der Waals surface area contributed by atoms with Crippen molar-refractivity contribution < 1.29 is 56.4 Å². The maximum Gasteiger partial charge on any atom is 4.00 e. The van der Waals surface area contributed by atoms with Gasteiger partial charge in [-0.05, 0) is 0 Å². The van der Waals surface area contributed by atoms with Gasteiger partial charge in [0.2, 0.25) is 0 Å². The van der Waals surface area contributed by atoms with Crippen LogP contribution in [0.25, 0.3) is 0 Å². The van der Waals surface area contributed by atoms with Crippen molar-refractivity contribution in [2.24, 2.45) is 0 Å². The summed E-state index contributed by atoms with van der Waals surface area (Å²) < 4.78 is 0. The molecule has 0 fully saturated rings. The molecule has 0 saturated heterocycles. The van der Waals surface area contributed by atoms with Gasteiger partial charge in [-0.3, -0.25) is 9.80 Å². The second-order valence-electron chi connectivity index (χ2n) is 3.91. The largest absolute Gasteiger partial charge is 4.00 e. The summed E-state index contributed by atoms with van der Waals surface area (Å²) >= 11 is 0. The number of aliphatic carboxylic acids is 4. The average molecular weight is 347 g/mol. The molecule has 0 unspecified atom stereocenters. The van der Waals surface area contributed by atoms with Gasteiger partial charge >= 0.3 is 16.8 Å². The van der Waals surface area contributed by atoms with Gasteiger partial charge in [0, 0.05) is 39.3 Å². The molecular weight excluding hydrogens is 335 g/mol. The second kappa shape index (κ2) is 11.0. The molecule has 0 N–H and O–H groups in total. The van der Waals surface area contributed by atoms with Crippen LogP contribution in [0.15, 0.2) is 0 Å². The maximum atomic E-state index is 10.4. The Kier molecular flexibility index (Phi) is 11.3. The number of carboxylic acid groups (broad SMARTS) is 4. The summed E-state index contributed by atoms with van der Waals surface area (Å²) in [5.41, 5.74) is 0. The third kappa shape index (κ3) is 13.1. The van der Waals surface area contributed by atoms with Crippen molar-refractivity contribution in [3.8, 4) is 0 Å². The van der Waals surface area contributed by atoms with Crippen molar-refractivity contribution >= 4 is 23.9 Å². The monoisotopic (exact) mass is 347 g/mol. The van der Waals surface area contributed by atoms with Crippen LogP contribution >= 0.6 is 0 Å². The van der Waals surface area contributed by atoms with Gasteiger partial charge in [-0.25, -0.2) is 0 Å². The van der Waals surface area contributed by atoms with E-state index in [1.807, 2.05) is 0 Å². The zero-order chi connectivity index (χ0) is 15.7. The van der Waals surface area contributed by atoms with E-state index in [0.29, 0.717) is 0 Å². The predicted molar refractivity (Wildman–Crippen MR) is 52.9 cm³/mol. The van der Waals surface area contributed by atoms with Crippen LogP contribution < -0.4 is 20.4 Å². The predicted octanol–water partition coefficient (Wildman–Crippen LogP) is -7.41. The Balaban J connectivity index is 0. The van der Waals surface area contributed by atoms with Crippen LogP contribution in [0.4, 0.5) is 0 Å². The van der Waals surface area contributed by atoms with E-state index in [1.165, 1.54) is 0 Å². The first-order valence-electron chi connectivity index (χ1n) is 5.44. The van der Waals surface area contributed by atoms with E-state index < -0.39 is 50.1 Å². The summed E-state index contributed by atoms with van der Waals surface area (Å²) in [5.74, 6) is -6.12. The van der Waals surface area contributed by atoms with E-state index in [1.54, 1.807) is 0 Å². The number of nitrogens with zero attached hydrogens (tertiary/aromatic N) is 2.